The second-order valence-electron chi connectivity index (χ2n) is 4.24. The quantitative estimate of drug-likeness (QED) is 0.883. The monoisotopic (exact) mass is 289 g/mol. The topological polar surface area (TPSA) is 46.2 Å². The number of rotatable bonds is 3. The van der Waals surface area contributed by atoms with E-state index < -0.39 is 15.8 Å². The second-order valence-corrected chi connectivity index (χ2v) is 5.89. The van der Waals surface area contributed by atoms with Crippen LogP contribution in [0.15, 0.2) is 47.4 Å². The third-order valence-corrected chi connectivity index (χ3v) is 4.24. The predicted octanol–water partition coefficient (Wildman–Crippen LogP) is 2.92. The van der Waals surface area contributed by atoms with Crippen LogP contribution in [0.1, 0.15) is 11.1 Å². The van der Waals surface area contributed by atoms with Crippen molar-refractivity contribution in [1.82, 2.24) is 0 Å². The number of hydrogen-bond acceptors (Lipinski definition) is 2. The molecule has 0 saturated heterocycles. The summed E-state index contributed by atoms with van der Waals surface area (Å²) in [4.78, 5) is -0.0939. The Balaban J connectivity index is 2.41. The number of terminal acetylenes is 1. The summed E-state index contributed by atoms with van der Waals surface area (Å²) in [5, 5.41) is 0. The summed E-state index contributed by atoms with van der Waals surface area (Å²) in [5.74, 6) is 1.82. The third kappa shape index (κ3) is 2.98. The largest absolute Gasteiger partial charge is 0.280 e. The lowest BCUT2D eigenvalue weighted by molar-refractivity contribution is 0.594. The lowest BCUT2D eigenvalue weighted by Crippen LogP contribution is -2.14. The molecule has 1 N–H and O–H groups in total. The molecule has 0 atom stereocenters. The molecular weight excluding hydrogens is 277 g/mol. The van der Waals surface area contributed by atoms with Crippen LogP contribution in [0.5, 0.6) is 0 Å². The Hall–Kier alpha value is -2.32. The molecule has 2 aromatic carbocycles. The fourth-order valence-electron chi connectivity index (χ4n) is 1.75. The molecule has 3 nitrogen and oxygen atoms in total. The number of benzene rings is 2. The van der Waals surface area contributed by atoms with Gasteiger partial charge in [0.05, 0.1) is 10.6 Å². The maximum atomic E-state index is 13.2. The first-order valence-corrected chi connectivity index (χ1v) is 7.26. The normalized spacial score (nSPS) is 10.8. The number of hydrogen-bond donors (Lipinski definition) is 1. The number of nitrogens with one attached hydrogen (secondary N) is 1. The highest BCUT2D eigenvalue weighted by Gasteiger charge is 2.17. The molecule has 0 aliphatic rings. The van der Waals surface area contributed by atoms with E-state index in [4.69, 9.17) is 6.42 Å². The van der Waals surface area contributed by atoms with E-state index >= 15 is 0 Å². The van der Waals surface area contributed by atoms with Crippen molar-refractivity contribution in [3.63, 3.8) is 0 Å². The van der Waals surface area contributed by atoms with Gasteiger partial charge in [0.15, 0.2) is 0 Å². The third-order valence-electron chi connectivity index (χ3n) is 2.72. The van der Waals surface area contributed by atoms with E-state index in [2.05, 4.69) is 10.6 Å². The summed E-state index contributed by atoms with van der Waals surface area (Å²) in [7, 11) is -3.85. The highest BCUT2D eigenvalue weighted by molar-refractivity contribution is 7.92. The van der Waals surface area contributed by atoms with Gasteiger partial charge in [-0.3, -0.25) is 4.72 Å². The molecule has 0 fully saturated rings. The summed E-state index contributed by atoms with van der Waals surface area (Å²) >= 11 is 0. The van der Waals surface area contributed by atoms with Gasteiger partial charge in [-0.2, -0.15) is 0 Å². The molecule has 0 aromatic heterocycles. The van der Waals surface area contributed by atoms with Crippen molar-refractivity contribution in [2.45, 2.75) is 11.8 Å². The molecule has 0 unspecified atom stereocenters. The minimum absolute atomic E-state index is 0.0939. The molecule has 0 saturated carbocycles. The van der Waals surface area contributed by atoms with Gasteiger partial charge < -0.3 is 0 Å². The average molecular weight is 289 g/mol. The van der Waals surface area contributed by atoms with Crippen LogP contribution in [0.3, 0.4) is 0 Å². The maximum Gasteiger partial charge on any atom is 0.262 e. The van der Waals surface area contributed by atoms with Crippen LogP contribution in [-0.4, -0.2) is 8.42 Å². The van der Waals surface area contributed by atoms with Crippen molar-refractivity contribution in [3.8, 4) is 12.3 Å². The van der Waals surface area contributed by atoms with Crippen molar-refractivity contribution in [1.29, 1.82) is 0 Å². The zero-order chi connectivity index (χ0) is 14.8. The summed E-state index contributed by atoms with van der Waals surface area (Å²) in [5.41, 5.74) is 1.36. The van der Waals surface area contributed by atoms with Crippen LogP contribution in [0.25, 0.3) is 0 Å². The first-order chi connectivity index (χ1) is 9.42. The van der Waals surface area contributed by atoms with E-state index in [0.717, 1.165) is 6.07 Å². The zero-order valence-corrected chi connectivity index (χ0v) is 11.5. The van der Waals surface area contributed by atoms with Gasteiger partial charge in [0, 0.05) is 5.56 Å². The van der Waals surface area contributed by atoms with Crippen molar-refractivity contribution in [2.24, 2.45) is 0 Å². The van der Waals surface area contributed by atoms with Crippen LogP contribution in [0.2, 0.25) is 0 Å². The van der Waals surface area contributed by atoms with Crippen molar-refractivity contribution < 1.29 is 12.8 Å². The fourth-order valence-corrected chi connectivity index (χ4v) is 3.05. The highest BCUT2D eigenvalue weighted by atomic mass is 32.2. The van der Waals surface area contributed by atoms with Crippen LogP contribution >= 0.6 is 0 Å². The van der Waals surface area contributed by atoms with Crippen LogP contribution in [0.4, 0.5) is 10.1 Å². The lowest BCUT2D eigenvalue weighted by Gasteiger charge is -2.10. The van der Waals surface area contributed by atoms with E-state index in [0.29, 0.717) is 16.8 Å². The molecular formula is C15H12FNO2S. The number of halogens is 1. The number of aryl methyl sites for hydroxylation is 1. The molecule has 0 amide bonds. The van der Waals surface area contributed by atoms with Gasteiger partial charge in [-0.05, 0) is 42.8 Å². The molecule has 0 aliphatic heterocycles. The van der Waals surface area contributed by atoms with E-state index in [1.165, 1.54) is 18.2 Å². The molecule has 5 heteroatoms. The van der Waals surface area contributed by atoms with Crippen molar-refractivity contribution >= 4 is 15.7 Å². The van der Waals surface area contributed by atoms with Gasteiger partial charge in [0.1, 0.15) is 5.82 Å². The van der Waals surface area contributed by atoms with Crippen LogP contribution in [-0.2, 0) is 10.0 Å². The van der Waals surface area contributed by atoms with Crippen molar-refractivity contribution in [2.75, 3.05) is 4.72 Å². The summed E-state index contributed by atoms with van der Waals surface area (Å²) in [6.07, 6.45) is 5.26. The summed E-state index contributed by atoms with van der Waals surface area (Å²) < 4.78 is 40.1. The van der Waals surface area contributed by atoms with Gasteiger partial charge in [-0.15, -0.1) is 6.42 Å². The molecule has 0 radical (unpaired) electrons. The number of anilines is 1. The minimum Gasteiger partial charge on any atom is -0.280 e. The van der Waals surface area contributed by atoms with Gasteiger partial charge >= 0.3 is 0 Å². The van der Waals surface area contributed by atoms with Gasteiger partial charge in [0.25, 0.3) is 10.0 Å². The smallest absolute Gasteiger partial charge is 0.262 e. The molecule has 102 valence electrons. The molecule has 2 aromatic rings. The number of sulfonamides is 1. The first-order valence-electron chi connectivity index (χ1n) is 5.78. The zero-order valence-electron chi connectivity index (χ0n) is 10.7. The molecule has 2 rings (SSSR count). The lowest BCUT2D eigenvalue weighted by atomic mass is 10.2. The van der Waals surface area contributed by atoms with Gasteiger partial charge in [0.2, 0.25) is 0 Å². The molecule has 0 aliphatic carbocycles. The van der Waals surface area contributed by atoms with E-state index in [1.807, 2.05) is 0 Å². The maximum absolute atomic E-state index is 13.2. The van der Waals surface area contributed by atoms with E-state index in [-0.39, 0.29) is 4.90 Å². The van der Waals surface area contributed by atoms with Gasteiger partial charge in [-0.25, -0.2) is 12.8 Å². The minimum atomic E-state index is -3.85. The summed E-state index contributed by atoms with van der Waals surface area (Å²) in [6.45, 7) is 1.60. The Kier molecular flexibility index (Phi) is 3.77. The standard InChI is InChI=1S/C15H12FNO2S/c1-3-12-5-4-6-14(9-12)17-20(18,19)15-10-13(16)8-7-11(15)2/h1,4-10,17H,2H3. The Bertz CT molecular complexity index is 792. The van der Waals surface area contributed by atoms with Crippen LogP contribution < -0.4 is 4.72 Å². The molecule has 0 heterocycles. The fraction of sp³-hybridized carbons (Fsp3) is 0.0667. The van der Waals surface area contributed by atoms with E-state index in [1.54, 1.807) is 25.1 Å². The summed E-state index contributed by atoms with van der Waals surface area (Å²) in [6, 6.07) is 10.1. The Morgan fingerprint density at radius 2 is 1.95 bits per heavy atom. The molecule has 0 spiro atoms. The predicted molar refractivity (Wildman–Crippen MR) is 76.3 cm³/mol. The SMILES string of the molecule is C#Cc1cccc(NS(=O)(=O)c2cc(F)ccc2C)c1. The highest BCUT2D eigenvalue weighted by Crippen LogP contribution is 2.20. The Morgan fingerprint density at radius 3 is 2.65 bits per heavy atom. The first kappa shape index (κ1) is 14.1. The Morgan fingerprint density at radius 1 is 1.20 bits per heavy atom. The molecule has 0 bridgehead atoms. The van der Waals surface area contributed by atoms with Crippen LogP contribution in [0, 0.1) is 25.1 Å². The second kappa shape index (κ2) is 5.35. The van der Waals surface area contributed by atoms with E-state index in [9.17, 15) is 12.8 Å². The average Bonchev–Trinajstić information content (AvgIpc) is 2.41. The van der Waals surface area contributed by atoms with Crippen molar-refractivity contribution in [3.05, 3.63) is 59.4 Å². The van der Waals surface area contributed by atoms with Gasteiger partial charge in [-0.1, -0.05) is 18.1 Å². The Labute approximate surface area is 117 Å². The molecule has 20 heavy (non-hydrogen) atoms.